The molecule has 0 saturated carbocycles. The van der Waals surface area contributed by atoms with Crippen LogP contribution in [-0.2, 0) is 0 Å². The first-order valence-corrected chi connectivity index (χ1v) is 10.0. The van der Waals surface area contributed by atoms with Crippen LogP contribution in [-0.4, -0.2) is 50.1 Å². The first-order chi connectivity index (χ1) is 14.7. The van der Waals surface area contributed by atoms with Crippen molar-refractivity contribution >= 4 is 22.6 Å². The lowest BCUT2D eigenvalue weighted by atomic mass is 9.94. The van der Waals surface area contributed by atoms with Gasteiger partial charge in [0, 0.05) is 35.7 Å². The monoisotopic (exact) mass is 404 g/mol. The summed E-state index contributed by atoms with van der Waals surface area (Å²) in [5, 5.41) is 4.96. The Morgan fingerprint density at radius 2 is 1.53 bits per heavy atom. The van der Waals surface area contributed by atoms with Gasteiger partial charge in [-0.2, -0.15) is 0 Å². The number of carbonyl (C=O) groups excluding carboxylic acids is 2. The van der Waals surface area contributed by atoms with Crippen molar-refractivity contribution in [3.63, 3.8) is 0 Å². The summed E-state index contributed by atoms with van der Waals surface area (Å²) in [5.41, 5.74) is 1.18. The van der Waals surface area contributed by atoms with Crippen molar-refractivity contribution in [1.29, 1.82) is 0 Å². The zero-order valence-electron chi connectivity index (χ0n) is 16.9. The molecule has 1 N–H and O–H groups in total. The van der Waals surface area contributed by atoms with Gasteiger partial charge in [-0.3, -0.25) is 14.5 Å². The molecule has 6 heteroatoms. The van der Waals surface area contributed by atoms with Crippen molar-refractivity contribution in [3.05, 3.63) is 71.8 Å². The fraction of sp³-hybridized carbons (Fsp3) is 0.250. The first-order valence-electron chi connectivity index (χ1n) is 10.0. The summed E-state index contributed by atoms with van der Waals surface area (Å²) < 4.78 is 10.9. The maximum Gasteiger partial charge on any atom is 0.261 e. The van der Waals surface area contributed by atoms with Crippen LogP contribution < -0.4 is 14.8 Å². The second kappa shape index (κ2) is 8.97. The van der Waals surface area contributed by atoms with Crippen LogP contribution in [0.15, 0.2) is 60.7 Å². The third-order valence-electron chi connectivity index (χ3n) is 5.18. The molecule has 4 rings (SSSR count). The fourth-order valence-corrected chi connectivity index (χ4v) is 3.68. The number of ether oxygens (including phenoxy) is 2. The van der Waals surface area contributed by atoms with Crippen LogP contribution in [0.2, 0.25) is 0 Å². The average Bonchev–Trinajstić information content (AvgIpc) is 2.78. The van der Waals surface area contributed by atoms with Crippen molar-refractivity contribution in [2.24, 2.45) is 0 Å². The second-order valence-corrected chi connectivity index (χ2v) is 7.10. The van der Waals surface area contributed by atoms with Crippen molar-refractivity contribution in [3.8, 4) is 11.5 Å². The number of nitrogens with one attached hydrogen (secondary N) is 1. The molecule has 0 fully saturated rings. The number of hydrogen-bond donors (Lipinski definition) is 1. The number of hydrogen-bond acceptors (Lipinski definition) is 5. The minimum atomic E-state index is -0.229. The topological polar surface area (TPSA) is 67.9 Å². The molecule has 6 nitrogen and oxygen atoms in total. The smallest absolute Gasteiger partial charge is 0.261 e. The van der Waals surface area contributed by atoms with Gasteiger partial charge in [0.1, 0.15) is 11.5 Å². The Balaban J connectivity index is 1.26. The Kier molecular flexibility index (Phi) is 5.95. The Morgan fingerprint density at radius 3 is 2.23 bits per heavy atom. The zero-order chi connectivity index (χ0) is 20.9. The zero-order valence-corrected chi connectivity index (χ0v) is 16.9. The summed E-state index contributed by atoms with van der Waals surface area (Å²) in [4.78, 5) is 27.0. The Morgan fingerprint density at radius 1 is 0.867 bits per heavy atom. The highest BCUT2D eigenvalue weighted by Crippen LogP contribution is 2.29. The van der Waals surface area contributed by atoms with Crippen LogP contribution in [0.1, 0.15) is 27.1 Å². The van der Waals surface area contributed by atoms with Gasteiger partial charge in [0.2, 0.25) is 0 Å². The molecule has 30 heavy (non-hydrogen) atoms. The molecule has 1 aliphatic rings. The minimum Gasteiger partial charge on any atom is -0.497 e. The van der Waals surface area contributed by atoms with E-state index in [0.717, 1.165) is 35.2 Å². The fourth-order valence-electron chi connectivity index (χ4n) is 3.68. The average molecular weight is 404 g/mol. The van der Waals surface area contributed by atoms with Crippen LogP contribution in [0.5, 0.6) is 11.5 Å². The highest BCUT2D eigenvalue weighted by Gasteiger charge is 2.31. The number of benzene rings is 3. The van der Waals surface area contributed by atoms with E-state index in [4.69, 9.17) is 9.47 Å². The van der Waals surface area contributed by atoms with E-state index in [1.165, 1.54) is 4.90 Å². The van der Waals surface area contributed by atoms with Crippen molar-refractivity contribution in [1.82, 2.24) is 10.2 Å². The van der Waals surface area contributed by atoms with E-state index in [1.54, 1.807) is 19.2 Å². The lowest BCUT2D eigenvalue weighted by molar-refractivity contribution is 0.0612. The summed E-state index contributed by atoms with van der Waals surface area (Å²) in [7, 11) is 1.62. The summed E-state index contributed by atoms with van der Waals surface area (Å²) in [5.74, 6) is 1.07. The van der Waals surface area contributed by atoms with E-state index < -0.39 is 0 Å². The number of nitrogens with zero attached hydrogens (tertiary/aromatic N) is 1. The van der Waals surface area contributed by atoms with Gasteiger partial charge in [0.15, 0.2) is 0 Å². The van der Waals surface area contributed by atoms with E-state index >= 15 is 0 Å². The number of methoxy groups -OCH3 is 1. The van der Waals surface area contributed by atoms with Crippen molar-refractivity contribution in [2.75, 3.05) is 33.4 Å². The van der Waals surface area contributed by atoms with E-state index in [-0.39, 0.29) is 11.8 Å². The highest BCUT2D eigenvalue weighted by atomic mass is 16.5. The molecular weight excluding hydrogens is 380 g/mol. The van der Waals surface area contributed by atoms with Gasteiger partial charge < -0.3 is 14.8 Å². The number of imide groups is 1. The van der Waals surface area contributed by atoms with E-state index in [0.29, 0.717) is 30.8 Å². The third-order valence-corrected chi connectivity index (χ3v) is 5.18. The van der Waals surface area contributed by atoms with Gasteiger partial charge in [-0.25, -0.2) is 0 Å². The molecule has 0 radical (unpaired) electrons. The summed E-state index contributed by atoms with van der Waals surface area (Å²) in [6.45, 7) is 2.16. The van der Waals surface area contributed by atoms with Crippen molar-refractivity contribution < 1.29 is 19.1 Å². The molecular formula is C24H24N2O4. The molecule has 0 atom stereocenters. The van der Waals surface area contributed by atoms with Gasteiger partial charge in [-0.1, -0.05) is 30.3 Å². The molecule has 2 amide bonds. The molecule has 0 saturated heterocycles. The standard InChI is InChI=1S/C24H24N2O4/c1-29-18-8-4-9-19(16-18)30-15-5-12-25-13-14-26-23(27)20-10-2-6-17-7-3-11-21(22(17)20)24(26)28/h2-4,6-11,16,25H,5,12-15H2,1H3. The van der Waals surface area contributed by atoms with Crippen LogP contribution in [0, 0.1) is 0 Å². The van der Waals surface area contributed by atoms with Gasteiger partial charge >= 0.3 is 0 Å². The summed E-state index contributed by atoms with van der Waals surface area (Å²) >= 11 is 0. The largest absolute Gasteiger partial charge is 0.497 e. The molecule has 0 unspecified atom stereocenters. The van der Waals surface area contributed by atoms with Gasteiger partial charge in [-0.15, -0.1) is 0 Å². The van der Waals surface area contributed by atoms with Gasteiger partial charge in [0.05, 0.1) is 13.7 Å². The summed E-state index contributed by atoms with van der Waals surface area (Å²) in [6, 6.07) is 18.6. The number of amides is 2. The van der Waals surface area contributed by atoms with E-state index in [2.05, 4.69) is 5.32 Å². The SMILES string of the molecule is COc1cccc(OCCCNCCN2C(=O)c3cccc4cccc(c34)C2=O)c1. The highest BCUT2D eigenvalue weighted by molar-refractivity contribution is 6.25. The van der Waals surface area contributed by atoms with Crippen LogP contribution in [0.4, 0.5) is 0 Å². The van der Waals surface area contributed by atoms with Gasteiger partial charge in [0.25, 0.3) is 11.8 Å². The maximum absolute atomic E-state index is 12.8. The van der Waals surface area contributed by atoms with E-state index in [9.17, 15) is 9.59 Å². The second-order valence-electron chi connectivity index (χ2n) is 7.10. The Hall–Kier alpha value is -3.38. The maximum atomic E-state index is 12.8. The van der Waals surface area contributed by atoms with E-state index in [1.807, 2.05) is 48.5 Å². The number of carbonyl (C=O) groups is 2. The molecule has 154 valence electrons. The van der Waals surface area contributed by atoms with Crippen molar-refractivity contribution in [2.45, 2.75) is 6.42 Å². The molecule has 0 spiro atoms. The lowest BCUT2D eigenvalue weighted by Crippen LogP contribution is -2.44. The molecule has 0 aromatic heterocycles. The summed E-state index contributed by atoms with van der Waals surface area (Å²) in [6.07, 6.45) is 0.807. The molecule has 0 bridgehead atoms. The Labute approximate surface area is 175 Å². The van der Waals surface area contributed by atoms with Crippen LogP contribution in [0.25, 0.3) is 10.8 Å². The lowest BCUT2D eigenvalue weighted by Gasteiger charge is -2.27. The Bertz CT molecular complexity index is 1030. The first kappa shape index (κ1) is 19.9. The molecule has 3 aromatic carbocycles. The molecule has 1 aliphatic heterocycles. The molecule has 3 aromatic rings. The number of rotatable bonds is 9. The van der Waals surface area contributed by atoms with Crippen LogP contribution in [0.3, 0.4) is 0 Å². The normalized spacial score (nSPS) is 13.0. The predicted molar refractivity (Wildman–Crippen MR) is 115 cm³/mol. The molecule has 1 heterocycles. The molecule has 0 aliphatic carbocycles. The minimum absolute atomic E-state index is 0.229. The third kappa shape index (κ3) is 4.00. The predicted octanol–water partition coefficient (Wildman–Crippen LogP) is 3.50. The van der Waals surface area contributed by atoms with Gasteiger partial charge in [-0.05, 0) is 42.6 Å². The van der Waals surface area contributed by atoms with Crippen LogP contribution >= 0.6 is 0 Å². The quantitative estimate of drug-likeness (QED) is 0.437.